The van der Waals surface area contributed by atoms with Crippen LogP contribution in [0, 0.1) is 13.8 Å². The molecule has 1 nitrogen and oxygen atoms in total. The summed E-state index contributed by atoms with van der Waals surface area (Å²) in [5, 5.41) is 11.1. The Hall–Kier alpha value is -1.38. The molecule has 0 aliphatic carbocycles. The molecule has 0 aliphatic rings. The molecular weight excluding hydrogens is 252 g/mol. The van der Waals surface area contributed by atoms with Crippen LogP contribution in [0.1, 0.15) is 23.1 Å². The minimum Gasteiger partial charge on any atom is -0.396 e. The maximum absolute atomic E-state index is 8.88. The summed E-state index contributed by atoms with van der Waals surface area (Å²) in [7, 11) is 0. The fourth-order valence-corrected chi connectivity index (χ4v) is 3.18. The van der Waals surface area contributed by atoms with E-state index >= 15 is 0 Å². The Morgan fingerprint density at radius 3 is 2.42 bits per heavy atom. The van der Waals surface area contributed by atoms with Crippen molar-refractivity contribution in [2.24, 2.45) is 0 Å². The van der Waals surface area contributed by atoms with E-state index < -0.39 is 0 Å². The predicted molar refractivity (Wildman–Crippen MR) is 83.8 cm³/mol. The minimum absolute atomic E-state index is 0.185. The van der Waals surface area contributed by atoms with Gasteiger partial charge in [0.2, 0.25) is 0 Å². The number of hydrogen-bond donors (Lipinski definition) is 1. The van der Waals surface area contributed by atoms with Gasteiger partial charge in [-0.1, -0.05) is 36.4 Å². The van der Waals surface area contributed by atoms with E-state index in [1.165, 1.54) is 27.1 Å². The van der Waals surface area contributed by atoms with Gasteiger partial charge >= 0.3 is 0 Å². The van der Waals surface area contributed by atoms with Crippen molar-refractivity contribution in [3.05, 3.63) is 58.5 Å². The molecule has 0 spiro atoms. The lowest BCUT2D eigenvalue weighted by Crippen LogP contribution is -1.92. The molecule has 19 heavy (non-hydrogen) atoms. The molecule has 0 atom stereocenters. The van der Waals surface area contributed by atoms with Gasteiger partial charge in [-0.3, -0.25) is 0 Å². The van der Waals surface area contributed by atoms with E-state index in [2.05, 4.69) is 50.1 Å². The number of thiophene rings is 1. The first kappa shape index (κ1) is 14.0. The highest BCUT2D eigenvalue weighted by Gasteiger charge is 2.06. The van der Waals surface area contributed by atoms with Crippen LogP contribution in [-0.2, 0) is 6.42 Å². The smallest absolute Gasteiger partial charge is 0.0468 e. The molecule has 2 heteroatoms. The van der Waals surface area contributed by atoms with E-state index in [9.17, 15) is 0 Å². The molecule has 0 bridgehead atoms. The fourth-order valence-electron chi connectivity index (χ4n) is 2.10. The second-order valence-electron chi connectivity index (χ2n) is 4.97. The number of aliphatic hydroxyl groups excluding tert-OH is 1. The van der Waals surface area contributed by atoms with Crippen molar-refractivity contribution in [2.75, 3.05) is 6.61 Å². The summed E-state index contributed by atoms with van der Waals surface area (Å²) in [4.78, 5) is 1.36. The fraction of sp³-hybridized carbons (Fsp3) is 0.294. The van der Waals surface area contributed by atoms with Gasteiger partial charge in [0.15, 0.2) is 0 Å². The van der Waals surface area contributed by atoms with Crippen LogP contribution in [-0.4, -0.2) is 11.7 Å². The first-order valence-corrected chi connectivity index (χ1v) is 7.41. The number of aliphatic hydroxyl groups is 1. The molecule has 0 fully saturated rings. The van der Waals surface area contributed by atoms with E-state index in [1.54, 1.807) is 11.3 Å². The monoisotopic (exact) mass is 272 g/mol. The summed E-state index contributed by atoms with van der Waals surface area (Å²) >= 11 is 1.81. The zero-order valence-corrected chi connectivity index (χ0v) is 12.4. The maximum atomic E-state index is 8.88. The highest BCUT2D eigenvalue weighted by atomic mass is 32.1. The van der Waals surface area contributed by atoms with E-state index in [4.69, 9.17) is 5.11 Å². The third kappa shape index (κ3) is 3.34. The molecule has 0 amide bonds. The van der Waals surface area contributed by atoms with Crippen molar-refractivity contribution < 1.29 is 5.11 Å². The number of benzene rings is 1. The Balaban J connectivity index is 2.15. The molecule has 2 rings (SSSR count). The topological polar surface area (TPSA) is 20.2 Å². The molecular formula is C17H20OS. The highest BCUT2D eigenvalue weighted by Crippen LogP contribution is 2.32. The van der Waals surface area contributed by atoms with Gasteiger partial charge in [0, 0.05) is 11.5 Å². The van der Waals surface area contributed by atoms with Crippen molar-refractivity contribution in [2.45, 2.75) is 26.7 Å². The maximum Gasteiger partial charge on any atom is 0.0468 e. The second kappa shape index (κ2) is 6.18. The number of aryl methyl sites for hydroxylation is 1. The minimum atomic E-state index is 0.185. The third-order valence-corrected chi connectivity index (χ3v) is 4.67. The molecule has 1 heterocycles. The van der Waals surface area contributed by atoms with Gasteiger partial charge < -0.3 is 5.11 Å². The van der Waals surface area contributed by atoms with Gasteiger partial charge in [-0.25, -0.2) is 0 Å². The molecule has 0 saturated carbocycles. The van der Waals surface area contributed by atoms with Crippen molar-refractivity contribution >= 4 is 11.3 Å². The number of rotatable bonds is 5. The van der Waals surface area contributed by atoms with Crippen LogP contribution in [0.25, 0.3) is 10.4 Å². The van der Waals surface area contributed by atoms with Crippen LogP contribution < -0.4 is 0 Å². The van der Waals surface area contributed by atoms with Crippen LogP contribution >= 0.6 is 11.3 Å². The highest BCUT2D eigenvalue weighted by molar-refractivity contribution is 7.13. The summed E-state index contributed by atoms with van der Waals surface area (Å²) in [6.07, 6.45) is 1.54. The lowest BCUT2D eigenvalue weighted by atomic mass is 10.0. The Bertz CT molecular complexity index is 563. The summed E-state index contributed by atoms with van der Waals surface area (Å²) in [6.45, 7) is 8.50. The van der Waals surface area contributed by atoms with E-state index in [1.807, 2.05) is 0 Å². The van der Waals surface area contributed by atoms with Crippen molar-refractivity contribution in [3.8, 4) is 10.4 Å². The quantitative estimate of drug-likeness (QED) is 0.794. The predicted octanol–water partition coefficient (Wildman–Crippen LogP) is 4.51. The average molecular weight is 272 g/mol. The Morgan fingerprint density at radius 1 is 1.21 bits per heavy atom. The van der Waals surface area contributed by atoms with E-state index in [0.29, 0.717) is 6.42 Å². The SMILES string of the molecule is C=C(CCO)Cc1ccc(-c2scc(C)c2C)cc1. The molecule has 0 aliphatic heterocycles. The summed E-state index contributed by atoms with van der Waals surface area (Å²) in [5.74, 6) is 0. The normalized spacial score (nSPS) is 10.7. The van der Waals surface area contributed by atoms with Crippen molar-refractivity contribution in [1.29, 1.82) is 0 Å². The van der Waals surface area contributed by atoms with Gasteiger partial charge in [-0.2, -0.15) is 0 Å². The second-order valence-corrected chi connectivity index (χ2v) is 5.85. The zero-order valence-electron chi connectivity index (χ0n) is 11.6. The number of hydrogen-bond acceptors (Lipinski definition) is 2. The first-order chi connectivity index (χ1) is 9.11. The summed E-state index contributed by atoms with van der Waals surface area (Å²) < 4.78 is 0. The van der Waals surface area contributed by atoms with Crippen LogP contribution in [0.15, 0.2) is 41.8 Å². The standard InChI is InChI=1S/C17H20OS/c1-12(8-9-18)10-15-4-6-16(7-5-15)17-14(3)13(2)11-19-17/h4-7,11,18H,1,8-10H2,2-3H3. The van der Waals surface area contributed by atoms with Crippen LogP contribution in [0.2, 0.25) is 0 Å². The molecule has 2 aromatic rings. The first-order valence-electron chi connectivity index (χ1n) is 6.53. The van der Waals surface area contributed by atoms with Crippen LogP contribution in [0.4, 0.5) is 0 Å². The lowest BCUT2D eigenvalue weighted by molar-refractivity contribution is 0.298. The Morgan fingerprint density at radius 2 is 1.89 bits per heavy atom. The molecule has 1 aromatic carbocycles. The van der Waals surface area contributed by atoms with Crippen LogP contribution in [0.5, 0.6) is 0 Å². The summed E-state index contributed by atoms with van der Waals surface area (Å²) in [6, 6.07) is 8.68. The van der Waals surface area contributed by atoms with Crippen molar-refractivity contribution in [1.82, 2.24) is 0 Å². The van der Waals surface area contributed by atoms with Gasteiger partial charge in [-0.05, 0) is 54.3 Å². The van der Waals surface area contributed by atoms with E-state index in [0.717, 1.165) is 12.0 Å². The molecule has 1 aromatic heterocycles. The van der Waals surface area contributed by atoms with E-state index in [-0.39, 0.29) is 6.61 Å². The van der Waals surface area contributed by atoms with Crippen LogP contribution in [0.3, 0.4) is 0 Å². The molecule has 0 radical (unpaired) electrons. The largest absolute Gasteiger partial charge is 0.396 e. The lowest BCUT2D eigenvalue weighted by Gasteiger charge is -2.06. The molecule has 1 N–H and O–H groups in total. The van der Waals surface area contributed by atoms with Crippen molar-refractivity contribution in [3.63, 3.8) is 0 Å². The van der Waals surface area contributed by atoms with Gasteiger partial charge in [0.1, 0.15) is 0 Å². The molecule has 0 saturated heterocycles. The van der Waals surface area contributed by atoms with Gasteiger partial charge in [0.05, 0.1) is 0 Å². The Kier molecular flexibility index (Phi) is 4.56. The Labute approximate surface area is 119 Å². The van der Waals surface area contributed by atoms with Gasteiger partial charge in [0.25, 0.3) is 0 Å². The average Bonchev–Trinajstić information content (AvgIpc) is 2.71. The van der Waals surface area contributed by atoms with Gasteiger partial charge in [-0.15, -0.1) is 11.3 Å². The zero-order chi connectivity index (χ0) is 13.8. The molecule has 100 valence electrons. The molecule has 0 unspecified atom stereocenters. The summed E-state index contributed by atoms with van der Waals surface area (Å²) in [5.41, 5.74) is 6.36. The third-order valence-electron chi connectivity index (χ3n) is 3.42.